The lowest BCUT2D eigenvalue weighted by Crippen LogP contribution is -2.55. The molecule has 1 aromatic rings. The summed E-state index contributed by atoms with van der Waals surface area (Å²) in [6.07, 6.45) is 4.64. The molecule has 0 aromatic heterocycles. The third kappa shape index (κ3) is 2.40. The van der Waals surface area contributed by atoms with Gasteiger partial charge < -0.3 is 5.32 Å². The van der Waals surface area contributed by atoms with Crippen LogP contribution < -0.4 is 5.32 Å². The number of ketones is 1. The summed E-state index contributed by atoms with van der Waals surface area (Å²) in [7, 11) is 0. The molecule has 2 aliphatic heterocycles. The number of hydrogen-bond donors (Lipinski definition) is 1. The van der Waals surface area contributed by atoms with Gasteiger partial charge in [0.25, 0.3) is 0 Å². The average Bonchev–Trinajstić information content (AvgIpc) is 2.89. The van der Waals surface area contributed by atoms with Crippen LogP contribution in [-0.2, 0) is 9.59 Å². The Morgan fingerprint density at radius 2 is 1.96 bits per heavy atom. The molecule has 1 aromatic carbocycles. The van der Waals surface area contributed by atoms with Crippen LogP contribution in [0.1, 0.15) is 50.5 Å². The smallest absolute Gasteiger partial charge is 0.233 e. The molecule has 2 heterocycles. The second kappa shape index (κ2) is 5.75. The molecule has 23 heavy (non-hydrogen) atoms. The molecule has 1 N–H and O–H groups in total. The van der Waals surface area contributed by atoms with Gasteiger partial charge in [0.15, 0.2) is 0 Å². The number of carbonyl (C=O) groups excluding carboxylic acids is 2. The number of rotatable bonds is 2. The number of anilines is 1. The zero-order valence-corrected chi connectivity index (χ0v) is 13.6. The summed E-state index contributed by atoms with van der Waals surface area (Å²) in [4.78, 5) is 27.0. The lowest BCUT2D eigenvalue weighted by molar-refractivity contribution is -0.126. The molecule has 1 saturated carbocycles. The van der Waals surface area contributed by atoms with Crippen LogP contribution in [0.4, 0.5) is 5.69 Å². The average molecular weight is 312 g/mol. The first-order valence-electron chi connectivity index (χ1n) is 8.86. The standard InChI is InChI=1S/C19H24N2O2/c1-2-21-16(10-8-12-7-9-13(22)11-17(12)21)18-14-5-3-4-6-15(14)20-19(18)23/h3-6,12,16-18H,2,7-11H2,1H3,(H,20,23). The van der Waals surface area contributed by atoms with Gasteiger partial charge in [0.1, 0.15) is 5.78 Å². The van der Waals surface area contributed by atoms with Crippen LogP contribution in [0.5, 0.6) is 0 Å². The Kier molecular flexibility index (Phi) is 3.72. The van der Waals surface area contributed by atoms with Gasteiger partial charge in [-0.2, -0.15) is 0 Å². The highest BCUT2D eigenvalue weighted by Gasteiger charge is 2.46. The summed E-state index contributed by atoms with van der Waals surface area (Å²) in [5.74, 6) is 1.05. The van der Waals surface area contributed by atoms with Crippen molar-refractivity contribution in [1.29, 1.82) is 0 Å². The molecule has 2 fully saturated rings. The first-order valence-corrected chi connectivity index (χ1v) is 8.86. The molecule has 4 heteroatoms. The minimum Gasteiger partial charge on any atom is -0.325 e. The Labute approximate surface area is 137 Å². The Morgan fingerprint density at radius 3 is 2.78 bits per heavy atom. The SMILES string of the molecule is CCN1C2CC(=O)CCC2CCC1C1C(=O)Nc2ccccc21. The van der Waals surface area contributed by atoms with E-state index in [1.807, 2.05) is 18.2 Å². The number of piperidine rings is 1. The maximum Gasteiger partial charge on any atom is 0.233 e. The van der Waals surface area contributed by atoms with Gasteiger partial charge >= 0.3 is 0 Å². The Hall–Kier alpha value is -1.68. The van der Waals surface area contributed by atoms with Crippen molar-refractivity contribution in [3.05, 3.63) is 29.8 Å². The van der Waals surface area contributed by atoms with E-state index in [4.69, 9.17) is 0 Å². The van der Waals surface area contributed by atoms with Gasteiger partial charge in [0.05, 0.1) is 5.92 Å². The van der Waals surface area contributed by atoms with Crippen molar-refractivity contribution >= 4 is 17.4 Å². The molecule has 0 spiro atoms. The molecule has 1 amide bonds. The van der Waals surface area contributed by atoms with Crippen LogP contribution in [0.15, 0.2) is 24.3 Å². The van der Waals surface area contributed by atoms with E-state index in [0.29, 0.717) is 24.2 Å². The Balaban J connectivity index is 1.66. The van der Waals surface area contributed by atoms with E-state index >= 15 is 0 Å². The van der Waals surface area contributed by atoms with Gasteiger partial charge in [0, 0.05) is 30.6 Å². The van der Waals surface area contributed by atoms with Crippen LogP contribution in [-0.4, -0.2) is 35.2 Å². The van der Waals surface area contributed by atoms with E-state index < -0.39 is 0 Å². The number of nitrogens with one attached hydrogen (secondary N) is 1. The summed E-state index contributed by atoms with van der Waals surface area (Å²) >= 11 is 0. The molecule has 4 nitrogen and oxygen atoms in total. The van der Waals surface area contributed by atoms with E-state index in [9.17, 15) is 9.59 Å². The van der Waals surface area contributed by atoms with Crippen molar-refractivity contribution in [2.24, 2.45) is 5.92 Å². The van der Waals surface area contributed by atoms with Gasteiger partial charge in [-0.05, 0) is 43.4 Å². The lowest BCUT2D eigenvalue weighted by Gasteiger charge is -2.49. The molecule has 3 aliphatic rings. The molecule has 1 saturated heterocycles. The van der Waals surface area contributed by atoms with Gasteiger partial charge in [-0.3, -0.25) is 14.5 Å². The van der Waals surface area contributed by atoms with Crippen LogP contribution in [0.3, 0.4) is 0 Å². The minimum absolute atomic E-state index is 0.0934. The van der Waals surface area contributed by atoms with Gasteiger partial charge in [-0.15, -0.1) is 0 Å². The monoisotopic (exact) mass is 312 g/mol. The molecule has 1 aliphatic carbocycles. The highest BCUT2D eigenvalue weighted by atomic mass is 16.2. The molecular formula is C19H24N2O2. The quantitative estimate of drug-likeness (QED) is 0.913. The molecule has 4 unspecified atom stereocenters. The number of likely N-dealkylation sites (N-methyl/N-ethyl adjacent to an activating group) is 1. The van der Waals surface area contributed by atoms with Gasteiger partial charge in [-0.25, -0.2) is 0 Å². The molecule has 0 radical (unpaired) electrons. The van der Waals surface area contributed by atoms with Crippen LogP contribution in [0.2, 0.25) is 0 Å². The molecule has 4 atom stereocenters. The van der Waals surface area contributed by atoms with Crippen molar-refractivity contribution in [1.82, 2.24) is 4.90 Å². The fraction of sp³-hybridized carbons (Fsp3) is 0.579. The summed E-state index contributed by atoms with van der Waals surface area (Å²) in [5, 5.41) is 3.04. The second-order valence-corrected chi connectivity index (χ2v) is 7.14. The fourth-order valence-corrected chi connectivity index (χ4v) is 5.01. The topological polar surface area (TPSA) is 49.4 Å². The summed E-state index contributed by atoms with van der Waals surface area (Å²) in [5.41, 5.74) is 2.09. The number of benzene rings is 1. The van der Waals surface area contributed by atoms with Crippen LogP contribution in [0, 0.1) is 5.92 Å². The zero-order chi connectivity index (χ0) is 16.0. The van der Waals surface area contributed by atoms with E-state index in [-0.39, 0.29) is 17.9 Å². The normalized spacial score (nSPS) is 34.0. The van der Waals surface area contributed by atoms with E-state index in [1.54, 1.807) is 0 Å². The van der Waals surface area contributed by atoms with E-state index in [0.717, 1.165) is 43.5 Å². The largest absolute Gasteiger partial charge is 0.325 e. The summed E-state index contributed by atoms with van der Waals surface area (Å²) in [6, 6.07) is 8.59. The van der Waals surface area contributed by atoms with Gasteiger partial charge in [-0.1, -0.05) is 25.1 Å². The van der Waals surface area contributed by atoms with Gasteiger partial charge in [0.2, 0.25) is 5.91 Å². The fourth-order valence-electron chi connectivity index (χ4n) is 5.01. The number of fused-ring (bicyclic) bond motifs is 2. The number of para-hydroxylation sites is 1. The molecule has 4 rings (SSSR count). The molecular weight excluding hydrogens is 288 g/mol. The number of Topliss-reactive ketones (excluding diaryl/α,β-unsaturated/α-hetero) is 1. The number of amides is 1. The van der Waals surface area contributed by atoms with E-state index in [1.165, 1.54) is 0 Å². The maximum atomic E-state index is 12.6. The number of nitrogens with zero attached hydrogens (tertiary/aromatic N) is 1. The third-order valence-corrected chi connectivity index (χ3v) is 6.05. The predicted octanol–water partition coefficient (Wildman–Crippen LogP) is 2.94. The predicted molar refractivity (Wildman–Crippen MR) is 89.4 cm³/mol. The molecule has 122 valence electrons. The van der Waals surface area contributed by atoms with Crippen LogP contribution >= 0.6 is 0 Å². The summed E-state index contributed by atoms with van der Waals surface area (Å²) in [6.45, 7) is 3.07. The Bertz CT molecular complexity index is 642. The highest BCUT2D eigenvalue weighted by Crippen LogP contribution is 2.44. The maximum absolute atomic E-state index is 12.6. The Morgan fingerprint density at radius 1 is 1.13 bits per heavy atom. The first-order chi connectivity index (χ1) is 11.2. The lowest BCUT2D eigenvalue weighted by atomic mass is 9.73. The van der Waals surface area contributed by atoms with Crippen molar-refractivity contribution in [2.75, 3.05) is 11.9 Å². The first kappa shape index (κ1) is 14.9. The van der Waals surface area contributed by atoms with Crippen molar-refractivity contribution in [3.8, 4) is 0 Å². The minimum atomic E-state index is -0.0934. The van der Waals surface area contributed by atoms with Crippen molar-refractivity contribution < 1.29 is 9.59 Å². The molecule has 0 bridgehead atoms. The van der Waals surface area contributed by atoms with Crippen molar-refractivity contribution in [3.63, 3.8) is 0 Å². The number of hydrogen-bond acceptors (Lipinski definition) is 3. The summed E-state index contributed by atoms with van der Waals surface area (Å²) < 4.78 is 0. The van der Waals surface area contributed by atoms with Crippen LogP contribution in [0.25, 0.3) is 0 Å². The third-order valence-electron chi connectivity index (χ3n) is 6.05. The number of carbonyl (C=O) groups is 2. The zero-order valence-electron chi connectivity index (χ0n) is 13.6. The highest BCUT2D eigenvalue weighted by molar-refractivity contribution is 6.03. The van der Waals surface area contributed by atoms with E-state index in [2.05, 4.69) is 23.2 Å². The second-order valence-electron chi connectivity index (χ2n) is 7.14. The number of likely N-dealkylation sites (tertiary alicyclic amines) is 1. The van der Waals surface area contributed by atoms with Crippen molar-refractivity contribution in [2.45, 2.75) is 57.0 Å².